The SMILES string of the molecule is CC(C)CN(Cc1noc(CN)n1)c1cccc(O)c1.Cl. The van der Waals surface area contributed by atoms with Crippen LogP contribution < -0.4 is 10.6 Å². The van der Waals surface area contributed by atoms with Crippen molar-refractivity contribution in [3.05, 3.63) is 36.0 Å². The van der Waals surface area contributed by atoms with Crippen LogP contribution in [0.2, 0.25) is 0 Å². The first kappa shape index (κ1) is 17.3. The first-order valence-corrected chi connectivity index (χ1v) is 6.64. The van der Waals surface area contributed by atoms with Gasteiger partial charge in [-0.15, -0.1) is 12.4 Å². The third kappa shape index (κ3) is 4.91. The van der Waals surface area contributed by atoms with Gasteiger partial charge in [0.2, 0.25) is 5.89 Å². The summed E-state index contributed by atoms with van der Waals surface area (Å²) in [5.41, 5.74) is 6.39. The molecule has 21 heavy (non-hydrogen) atoms. The minimum Gasteiger partial charge on any atom is -0.508 e. The van der Waals surface area contributed by atoms with Crippen LogP contribution in [0.5, 0.6) is 5.75 Å². The maximum atomic E-state index is 9.61. The van der Waals surface area contributed by atoms with E-state index in [4.69, 9.17) is 10.3 Å². The Bertz CT molecular complexity index is 559. The molecule has 116 valence electrons. The molecule has 1 heterocycles. The Balaban J connectivity index is 0.00000220. The van der Waals surface area contributed by atoms with Crippen LogP contribution in [-0.2, 0) is 13.1 Å². The highest BCUT2D eigenvalue weighted by molar-refractivity contribution is 5.85. The van der Waals surface area contributed by atoms with E-state index in [2.05, 4.69) is 28.9 Å². The average Bonchev–Trinajstić information content (AvgIpc) is 2.85. The van der Waals surface area contributed by atoms with Gasteiger partial charge in [-0.1, -0.05) is 25.1 Å². The molecule has 0 unspecified atom stereocenters. The van der Waals surface area contributed by atoms with Crippen molar-refractivity contribution >= 4 is 18.1 Å². The first-order chi connectivity index (χ1) is 9.58. The first-order valence-electron chi connectivity index (χ1n) is 6.64. The standard InChI is InChI=1S/C14H20N4O2.ClH/c1-10(2)8-18(11-4-3-5-12(19)6-11)9-13-16-14(7-15)20-17-13;/h3-6,10,19H,7-9,15H2,1-2H3;1H. The quantitative estimate of drug-likeness (QED) is 0.851. The number of benzene rings is 1. The maximum absolute atomic E-state index is 9.61. The zero-order valence-corrected chi connectivity index (χ0v) is 13.0. The number of phenols is 1. The van der Waals surface area contributed by atoms with E-state index in [1.807, 2.05) is 12.1 Å². The zero-order valence-electron chi connectivity index (χ0n) is 12.2. The van der Waals surface area contributed by atoms with Crippen molar-refractivity contribution in [2.24, 2.45) is 11.7 Å². The largest absolute Gasteiger partial charge is 0.508 e. The van der Waals surface area contributed by atoms with Crippen molar-refractivity contribution in [1.82, 2.24) is 10.1 Å². The average molecular weight is 313 g/mol. The molecule has 0 saturated carbocycles. The molecule has 6 nitrogen and oxygen atoms in total. The Hall–Kier alpha value is -1.79. The summed E-state index contributed by atoms with van der Waals surface area (Å²) >= 11 is 0. The molecule has 0 aliphatic carbocycles. The minimum absolute atomic E-state index is 0. The fourth-order valence-corrected chi connectivity index (χ4v) is 2.00. The number of halogens is 1. The number of phenolic OH excluding ortho intramolecular Hbond substituents is 1. The molecule has 7 heteroatoms. The summed E-state index contributed by atoms with van der Waals surface area (Å²) in [5, 5.41) is 13.5. The Morgan fingerprint density at radius 3 is 2.71 bits per heavy atom. The Kier molecular flexibility index (Phi) is 6.45. The van der Waals surface area contributed by atoms with E-state index in [-0.39, 0.29) is 24.7 Å². The summed E-state index contributed by atoms with van der Waals surface area (Å²) in [6, 6.07) is 7.15. The van der Waals surface area contributed by atoms with Crippen LogP contribution >= 0.6 is 12.4 Å². The molecule has 0 radical (unpaired) electrons. The predicted molar refractivity (Wildman–Crippen MR) is 83.4 cm³/mol. The van der Waals surface area contributed by atoms with E-state index >= 15 is 0 Å². The Morgan fingerprint density at radius 2 is 2.14 bits per heavy atom. The minimum atomic E-state index is 0. The van der Waals surface area contributed by atoms with Crippen LogP contribution in [-0.4, -0.2) is 21.8 Å². The monoisotopic (exact) mass is 312 g/mol. The molecule has 0 spiro atoms. The summed E-state index contributed by atoms with van der Waals surface area (Å²) < 4.78 is 5.02. The van der Waals surface area contributed by atoms with Crippen LogP contribution in [0.3, 0.4) is 0 Å². The molecule has 1 aromatic heterocycles. The number of rotatable bonds is 6. The molecule has 2 rings (SSSR count). The number of nitrogens with zero attached hydrogens (tertiary/aromatic N) is 3. The predicted octanol–water partition coefficient (Wildman–Crippen LogP) is 2.32. The van der Waals surface area contributed by atoms with Gasteiger partial charge < -0.3 is 20.3 Å². The van der Waals surface area contributed by atoms with Gasteiger partial charge >= 0.3 is 0 Å². The summed E-state index contributed by atoms with van der Waals surface area (Å²) in [4.78, 5) is 6.32. The van der Waals surface area contributed by atoms with E-state index in [0.29, 0.717) is 24.2 Å². The second kappa shape index (κ2) is 7.85. The Morgan fingerprint density at radius 1 is 1.38 bits per heavy atom. The maximum Gasteiger partial charge on any atom is 0.240 e. The molecule has 0 fully saturated rings. The molecule has 0 aliphatic heterocycles. The number of hydrogen-bond donors (Lipinski definition) is 2. The molecule has 3 N–H and O–H groups in total. The zero-order chi connectivity index (χ0) is 14.5. The molecule has 0 aliphatic rings. The van der Waals surface area contributed by atoms with Crippen molar-refractivity contribution in [2.45, 2.75) is 26.9 Å². The lowest BCUT2D eigenvalue weighted by atomic mass is 10.2. The van der Waals surface area contributed by atoms with Gasteiger partial charge in [0.05, 0.1) is 13.1 Å². The lowest BCUT2D eigenvalue weighted by Crippen LogP contribution is -2.27. The molecular weight excluding hydrogens is 292 g/mol. The van der Waals surface area contributed by atoms with Gasteiger partial charge in [-0.05, 0) is 18.1 Å². The van der Waals surface area contributed by atoms with Gasteiger partial charge in [0.25, 0.3) is 0 Å². The Labute approximate surface area is 130 Å². The second-order valence-corrected chi connectivity index (χ2v) is 5.10. The van der Waals surface area contributed by atoms with Gasteiger partial charge in [-0.3, -0.25) is 0 Å². The smallest absolute Gasteiger partial charge is 0.240 e. The van der Waals surface area contributed by atoms with Crippen molar-refractivity contribution < 1.29 is 9.63 Å². The number of nitrogens with two attached hydrogens (primary N) is 1. The molecule has 1 aromatic carbocycles. The van der Waals surface area contributed by atoms with Crippen molar-refractivity contribution in [3.63, 3.8) is 0 Å². The van der Waals surface area contributed by atoms with Gasteiger partial charge in [-0.25, -0.2) is 0 Å². The summed E-state index contributed by atoms with van der Waals surface area (Å²) in [6.45, 7) is 5.86. The second-order valence-electron chi connectivity index (χ2n) is 5.10. The van der Waals surface area contributed by atoms with Crippen molar-refractivity contribution in [1.29, 1.82) is 0 Å². The van der Waals surface area contributed by atoms with Gasteiger partial charge in [0.1, 0.15) is 5.75 Å². The molecule has 0 atom stereocenters. The summed E-state index contributed by atoms with van der Waals surface area (Å²) in [5.74, 6) is 1.74. The number of anilines is 1. The summed E-state index contributed by atoms with van der Waals surface area (Å²) in [7, 11) is 0. The van der Waals surface area contributed by atoms with Crippen LogP contribution in [0.25, 0.3) is 0 Å². The van der Waals surface area contributed by atoms with E-state index < -0.39 is 0 Å². The lowest BCUT2D eigenvalue weighted by Gasteiger charge is -2.25. The van der Waals surface area contributed by atoms with Crippen LogP contribution in [0.4, 0.5) is 5.69 Å². The summed E-state index contributed by atoms with van der Waals surface area (Å²) in [6.07, 6.45) is 0. The van der Waals surface area contributed by atoms with Crippen LogP contribution in [0, 0.1) is 5.92 Å². The fourth-order valence-electron chi connectivity index (χ4n) is 2.00. The lowest BCUT2D eigenvalue weighted by molar-refractivity contribution is 0.374. The van der Waals surface area contributed by atoms with Crippen molar-refractivity contribution in [2.75, 3.05) is 11.4 Å². The van der Waals surface area contributed by atoms with E-state index in [0.717, 1.165) is 12.2 Å². The number of hydrogen-bond acceptors (Lipinski definition) is 6. The van der Waals surface area contributed by atoms with Gasteiger partial charge in [0, 0.05) is 18.3 Å². The highest BCUT2D eigenvalue weighted by Gasteiger charge is 2.14. The molecular formula is C14H21ClN4O2. The molecule has 2 aromatic rings. The number of aromatic nitrogens is 2. The molecule has 0 bridgehead atoms. The van der Waals surface area contributed by atoms with Gasteiger partial charge in [0.15, 0.2) is 5.82 Å². The van der Waals surface area contributed by atoms with Gasteiger partial charge in [-0.2, -0.15) is 4.98 Å². The highest BCUT2D eigenvalue weighted by Crippen LogP contribution is 2.22. The fraction of sp³-hybridized carbons (Fsp3) is 0.429. The highest BCUT2D eigenvalue weighted by atomic mass is 35.5. The normalized spacial score (nSPS) is 10.5. The van der Waals surface area contributed by atoms with Crippen LogP contribution in [0.1, 0.15) is 25.6 Å². The molecule has 0 saturated heterocycles. The van der Waals surface area contributed by atoms with E-state index in [9.17, 15) is 5.11 Å². The third-order valence-corrected chi connectivity index (χ3v) is 2.80. The molecule has 0 amide bonds. The van der Waals surface area contributed by atoms with E-state index in [1.54, 1.807) is 12.1 Å². The van der Waals surface area contributed by atoms with E-state index in [1.165, 1.54) is 0 Å². The topological polar surface area (TPSA) is 88.4 Å². The van der Waals surface area contributed by atoms with Crippen LogP contribution in [0.15, 0.2) is 28.8 Å². The number of aromatic hydroxyl groups is 1. The third-order valence-electron chi connectivity index (χ3n) is 2.80. The van der Waals surface area contributed by atoms with Crippen molar-refractivity contribution in [3.8, 4) is 5.75 Å².